The molecule has 0 aliphatic carbocycles. The third-order valence-electron chi connectivity index (χ3n) is 3.08. The fraction of sp³-hybridized carbons (Fsp3) is 0. The lowest BCUT2D eigenvalue weighted by Gasteiger charge is -2.01. The zero-order valence-electron chi connectivity index (χ0n) is 11.4. The molecule has 22 heavy (non-hydrogen) atoms. The molecule has 2 aromatic carbocycles. The molecular formula is C17H10NO3S-. The highest BCUT2D eigenvalue weighted by molar-refractivity contribution is 7.20. The third kappa shape index (κ3) is 2.94. The van der Waals surface area contributed by atoms with Crippen LogP contribution in [0.1, 0.15) is 25.7 Å². The Kier molecular flexibility index (Phi) is 3.80. The molecule has 3 rings (SSSR count). The van der Waals surface area contributed by atoms with Crippen LogP contribution in [0.25, 0.3) is 16.3 Å². The van der Waals surface area contributed by atoms with Crippen LogP contribution in [0.3, 0.4) is 0 Å². The summed E-state index contributed by atoms with van der Waals surface area (Å²) in [5.74, 6) is -1.40. The lowest BCUT2D eigenvalue weighted by atomic mass is 10.1. The maximum absolute atomic E-state index is 12.1. The van der Waals surface area contributed by atoms with Gasteiger partial charge in [-0.1, -0.05) is 42.5 Å². The summed E-state index contributed by atoms with van der Waals surface area (Å²) in [5, 5.41) is 11.1. The van der Waals surface area contributed by atoms with E-state index in [1.807, 2.05) is 24.3 Å². The van der Waals surface area contributed by atoms with Gasteiger partial charge in [0.2, 0.25) is 5.78 Å². The lowest BCUT2D eigenvalue weighted by molar-refractivity contribution is -0.255. The van der Waals surface area contributed by atoms with Crippen LogP contribution >= 0.6 is 11.3 Å². The number of carboxylic acid groups (broad SMARTS) is 1. The largest absolute Gasteiger partial charge is 0.545 e. The van der Waals surface area contributed by atoms with Crippen LogP contribution in [-0.2, 0) is 0 Å². The minimum atomic E-state index is -1.22. The Hall–Kier alpha value is -2.79. The molecule has 1 aromatic heterocycles. The highest BCUT2D eigenvalue weighted by Gasteiger charge is 2.08. The van der Waals surface area contributed by atoms with Gasteiger partial charge in [-0.2, -0.15) is 0 Å². The number of hydrogen-bond donors (Lipinski definition) is 0. The maximum Gasteiger partial charge on any atom is 0.214 e. The van der Waals surface area contributed by atoms with E-state index < -0.39 is 5.97 Å². The number of aromatic nitrogens is 1. The lowest BCUT2D eigenvalue weighted by Crippen LogP contribution is -2.21. The van der Waals surface area contributed by atoms with Gasteiger partial charge in [-0.25, -0.2) is 4.98 Å². The zero-order chi connectivity index (χ0) is 15.5. The average Bonchev–Trinajstić information content (AvgIpc) is 2.97. The first-order chi connectivity index (χ1) is 10.6. The molecule has 4 nitrogen and oxygen atoms in total. The fourth-order valence-corrected chi connectivity index (χ4v) is 2.84. The molecule has 0 saturated heterocycles. The van der Waals surface area contributed by atoms with Crippen LogP contribution in [-0.4, -0.2) is 16.7 Å². The highest BCUT2D eigenvalue weighted by Crippen LogP contribution is 2.22. The minimum Gasteiger partial charge on any atom is -0.545 e. The second-order valence-corrected chi connectivity index (χ2v) is 5.62. The molecular weight excluding hydrogens is 298 g/mol. The van der Waals surface area contributed by atoms with E-state index in [1.54, 1.807) is 18.2 Å². The molecule has 0 radical (unpaired) electrons. The molecule has 0 N–H and O–H groups in total. The number of hydrogen-bond acceptors (Lipinski definition) is 5. The van der Waals surface area contributed by atoms with Crippen molar-refractivity contribution in [1.29, 1.82) is 0 Å². The monoisotopic (exact) mass is 308 g/mol. The van der Waals surface area contributed by atoms with Crippen molar-refractivity contribution in [1.82, 2.24) is 4.98 Å². The number of thiazole rings is 1. The summed E-state index contributed by atoms with van der Waals surface area (Å²) in [6.07, 6.45) is 3.07. The van der Waals surface area contributed by atoms with Crippen LogP contribution in [0.5, 0.6) is 0 Å². The summed E-state index contributed by atoms with van der Waals surface area (Å²) in [5.41, 5.74) is 1.65. The van der Waals surface area contributed by atoms with Gasteiger partial charge < -0.3 is 9.90 Å². The molecule has 0 bridgehead atoms. The van der Waals surface area contributed by atoms with Gasteiger partial charge in [0.15, 0.2) is 5.01 Å². The second kappa shape index (κ2) is 5.91. The minimum absolute atomic E-state index is 0.106. The van der Waals surface area contributed by atoms with Crippen molar-refractivity contribution in [2.24, 2.45) is 0 Å². The first-order valence-corrected chi connectivity index (χ1v) is 7.34. The normalized spacial score (nSPS) is 11.1. The molecule has 5 heteroatoms. The number of fused-ring (bicyclic) bond motifs is 1. The van der Waals surface area contributed by atoms with E-state index in [2.05, 4.69) is 4.98 Å². The number of ketones is 1. The summed E-state index contributed by atoms with van der Waals surface area (Å²) in [7, 11) is 0. The van der Waals surface area contributed by atoms with Crippen molar-refractivity contribution in [3.8, 4) is 0 Å². The second-order valence-electron chi connectivity index (χ2n) is 4.59. The number of nitrogens with zero attached hydrogens (tertiary/aromatic N) is 1. The standard InChI is InChI=1S/C17H11NO3S/c19-14(16-18-13-3-1-2-4-15(13)22-16)10-7-11-5-8-12(9-6-11)17(20)21/h1-10H,(H,20,21)/p-1/b10-7+. The first kappa shape index (κ1) is 14.2. The molecule has 0 unspecified atom stereocenters. The van der Waals surface area contributed by atoms with E-state index >= 15 is 0 Å². The third-order valence-corrected chi connectivity index (χ3v) is 4.13. The van der Waals surface area contributed by atoms with Gasteiger partial charge in [0.1, 0.15) is 0 Å². The Morgan fingerprint density at radius 2 is 1.77 bits per heavy atom. The molecule has 1 heterocycles. The summed E-state index contributed by atoms with van der Waals surface area (Å²) in [6, 6.07) is 13.7. The quantitative estimate of drug-likeness (QED) is 0.548. The van der Waals surface area contributed by atoms with Crippen molar-refractivity contribution in [3.63, 3.8) is 0 Å². The van der Waals surface area contributed by atoms with E-state index in [4.69, 9.17) is 0 Å². The Bertz CT molecular complexity index is 845. The van der Waals surface area contributed by atoms with Crippen LogP contribution in [0.2, 0.25) is 0 Å². The van der Waals surface area contributed by atoms with Crippen molar-refractivity contribution in [2.75, 3.05) is 0 Å². The van der Waals surface area contributed by atoms with Crippen molar-refractivity contribution < 1.29 is 14.7 Å². The number of carbonyl (C=O) groups excluding carboxylic acids is 2. The fourth-order valence-electron chi connectivity index (χ4n) is 1.95. The molecule has 3 aromatic rings. The number of aromatic carboxylic acids is 1. The zero-order valence-corrected chi connectivity index (χ0v) is 12.2. The van der Waals surface area contributed by atoms with E-state index in [-0.39, 0.29) is 11.3 Å². The van der Waals surface area contributed by atoms with Gasteiger partial charge in [0, 0.05) is 0 Å². The van der Waals surface area contributed by atoms with Crippen LogP contribution in [0, 0.1) is 0 Å². The number of para-hydroxylation sites is 1. The molecule has 0 amide bonds. The van der Waals surface area contributed by atoms with E-state index in [0.717, 1.165) is 15.8 Å². The topological polar surface area (TPSA) is 70.1 Å². The predicted octanol–water partition coefficient (Wildman–Crippen LogP) is 2.56. The summed E-state index contributed by atoms with van der Waals surface area (Å²) >= 11 is 1.35. The van der Waals surface area contributed by atoms with Gasteiger partial charge in [-0.15, -0.1) is 11.3 Å². The van der Waals surface area contributed by atoms with Gasteiger partial charge in [0.05, 0.1) is 16.2 Å². The van der Waals surface area contributed by atoms with Crippen LogP contribution in [0.15, 0.2) is 54.6 Å². The summed E-state index contributed by atoms with van der Waals surface area (Å²) in [4.78, 5) is 27.1. The van der Waals surface area contributed by atoms with E-state index in [0.29, 0.717) is 5.01 Å². The van der Waals surface area contributed by atoms with Crippen molar-refractivity contribution in [3.05, 3.63) is 70.7 Å². The Balaban J connectivity index is 1.79. The molecule has 0 spiro atoms. The SMILES string of the molecule is O=C([O-])c1ccc(/C=C/C(=O)c2nc3ccccc3s2)cc1. The summed E-state index contributed by atoms with van der Waals surface area (Å²) < 4.78 is 0.970. The molecule has 0 aliphatic rings. The van der Waals surface area contributed by atoms with Crippen molar-refractivity contribution in [2.45, 2.75) is 0 Å². The van der Waals surface area contributed by atoms with Crippen LogP contribution < -0.4 is 5.11 Å². The number of benzene rings is 2. The van der Waals surface area contributed by atoms with Crippen LogP contribution in [0.4, 0.5) is 0 Å². The van der Waals surface area contributed by atoms with Gasteiger partial charge in [0.25, 0.3) is 0 Å². The molecule has 0 saturated carbocycles. The molecule has 0 aliphatic heterocycles. The molecule has 0 fully saturated rings. The van der Waals surface area contributed by atoms with Gasteiger partial charge in [-0.3, -0.25) is 4.79 Å². The molecule has 108 valence electrons. The smallest absolute Gasteiger partial charge is 0.214 e. The maximum atomic E-state index is 12.1. The van der Waals surface area contributed by atoms with Crippen molar-refractivity contribution >= 4 is 39.4 Å². The average molecular weight is 308 g/mol. The number of carbonyl (C=O) groups is 2. The number of carboxylic acids is 1. The summed E-state index contributed by atoms with van der Waals surface area (Å²) in [6.45, 7) is 0. The predicted molar refractivity (Wildman–Crippen MR) is 83.8 cm³/mol. The van der Waals surface area contributed by atoms with Gasteiger partial charge in [-0.05, 0) is 29.3 Å². The number of rotatable bonds is 4. The Labute approximate surface area is 130 Å². The Morgan fingerprint density at radius 1 is 1.05 bits per heavy atom. The van der Waals surface area contributed by atoms with E-state index in [1.165, 1.54) is 29.5 Å². The van der Waals surface area contributed by atoms with E-state index in [9.17, 15) is 14.7 Å². The highest BCUT2D eigenvalue weighted by atomic mass is 32.1. The molecule has 0 atom stereocenters. The first-order valence-electron chi connectivity index (χ1n) is 6.53. The van der Waals surface area contributed by atoms with Gasteiger partial charge >= 0.3 is 0 Å². The number of allylic oxidation sites excluding steroid dienone is 1. The Morgan fingerprint density at radius 3 is 2.45 bits per heavy atom.